The van der Waals surface area contributed by atoms with Crippen LogP contribution in [0.25, 0.3) is 0 Å². The number of thiol groups is 1. The highest BCUT2D eigenvalue weighted by Crippen LogP contribution is 1.98. The summed E-state index contributed by atoms with van der Waals surface area (Å²) in [5, 5.41) is 0. The Kier molecular flexibility index (Phi) is 1.95. The van der Waals surface area contributed by atoms with Gasteiger partial charge in [0.2, 0.25) is 12.4 Å². The molecule has 0 bridgehead atoms. The summed E-state index contributed by atoms with van der Waals surface area (Å²) in [6, 6.07) is 3.71. The van der Waals surface area contributed by atoms with Crippen molar-refractivity contribution in [1.82, 2.24) is 0 Å². The van der Waals surface area contributed by atoms with Crippen molar-refractivity contribution in [2.24, 2.45) is 0 Å². The Morgan fingerprint density at radius 1 is 1.44 bits per heavy atom. The van der Waals surface area contributed by atoms with Crippen molar-refractivity contribution in [2.45, 2.75) is 4.90 Å². The van der Waals surface area contributed by atoms with Gasteiger partial charge in [0.05, 0.1) is 0 Å². The first-order chi connectivity index (χ1) is 4.33. The van der Waals surface area contributed by atoms with Gasteiger partial charge in [0.25, 0.3) is 0 Å². The summed E-state index contributed by atoms with van der Waals surface area (Å²) >= 11 is 4.10. The third-order valence-electron chi connectivity index (χ3n) is 0.995. The van der Waals surface area contributed by atoms with E-state index in [0.717, 1.165) is 4.90 Å². The van der Waals surface area contributed by atoms with Gasteiger partial charge in [-0.3, -0.25) is 4.84 Å². The van der Waals surface area contributed by atoms with Gasteiger partial charge >= 0.3 is 0 Å². The van der Waals surface area contributed by atoms with Crippen molar-refractivity contribution in [2.75, 3.05) is 7.11 Å². The first kappa shape index (κ1) is 6.42. The lowest BCUT2D eigenvalue weighted by atomic mass is 10.5. The van der Waals surface area contributed by atoms with Crippen LogP contribution in [0.5, 0.6) is 0 Å². The molecule has 0 aliphatic rings. The van der Waals surface area contributed by atoms with Gasteiger partial charge in [0.15, 0.2) is 0 Å². The van der Waals surface area contributed by atoms with Crippen LogP contribution < -0.4 is 9.57 Å². The van der Waals surface area contributed by atoms with Crippen molar-refractivity contribution in [1.29, 1.82) is 0 Å². The Hall–Kier alpha value is -0.700. The Morgan fingerprint density at radius 3 is 2.44 bits per heavy atom. The minimum Gasteiger partial charge on any atom is -0.275 e. The lowest BCUT2D eigenvalue weighted by Crippen LogP contribution is -2.39. The van der Waals surface area contributed by atoms with E-state index in [9.17, 15) is 0 Å². The van der Waals surface area contributed by atoms with Gasteiger partial charge in [0.1, 0.15) is 7.11 Å². The fraction of sp³-hybridized carbons (Fsp3) is 0.167. The first-order valence-electron chi connectivity index (χ1n) is 2.57. The highest BCUT2D eigenvalue weighted by atomic mass is 32.1. The Morgan fingerprint density at radius 2 is 2.00 bits per heavy atom. The van der Waals surface area contributed by atoms with Gasteiger partial charge in [-0.15, -0.1) is 12.6 Å². The molecule has 1 rings (SSSR count). The Bertz CT molecular complexity index is 185. The molecule has 0 amide bonds. The molecule has 0 aromatic carbocycles. The maximum Gasteiger partial charge on any atom is 0.223 e. The molecule has 0 N–H and O–H groups in total. The van der Waals surface area contributed by atoms with Crippen LogP contribution in [0.3, 0.4) is 0 Å². The van der Waals surface area contributed by atoms with E-state index in [1.54, 1.807) is 24.2 Å². The molecule has 1 heterocycles. The lowest BCUT2D eigenvalue weighted by Gasteiger charge is -1.88. The molecule has 0 aliphatic heterocycles. The lowest BCUT2D eigenvalue weighted by molar-refractivity contribution is -0.885. The zero-order chi connectivity index (χ0) is 6.69. The van der Waals surface area contributed by atoms with Gasteiger partial charge in [-0.1, -0.05) is 0 Å². The number of hydrogen-bond acceptors (Lipinski definition) is 2. The van der Waals surface area contributed by atoms with Gasteiger partial charge in [-0.25, -0.2) is 0 Å². The first-order valence-corrected chi connectivity index (χ1v) is 3.02. The SMILES string of the molecule is CO[n+]1ccc(S)cc1. The monoisotopic (exact) mass is 142 g/mol. The normalized spacial score (nSPS) is 9.11. The molecule has 0 spiro atoms. The van der Waals surface area contributed by atoms with Crippen molar-refractivity contribution >= 4 is 12.6 Å². The molecule has 9 heavy (non-hydrogen) atoms. The van der Waals surface area contributed by atoms with Crippen molar-refractivity contribution in [3.05, 3.63) is 24.5 Å². The number of nitrogens with zero attached hydrogens (tertiary/aromatic N) is 1. The van der Waals surface area contributed by atoms with Crippen LogP contribution in [0.1, 0.15) is 0 Å². The molecule has 0 radical (unpaired) electrons. The fourth-order valence-corrected chi connectivity index (χ4v) is 0.660. The summed E-state index contributed by atoms with van der Waals surface area (Å²) in [7, 11) is 1.61. The number of rotatable bonds is 1. The average Bonchev–Trinajstić information content (AvgIpc) is 1.90. The molecule has 0 unspecified atom stereocenters. The van der Waals surface area contributed by atoms with E-state index in [1.165, 1.54) is 0 Å². The smallest absolute Gasteiger partial charge is 0.223 e. The van der Waals surface area contributed by atoms with E-state index in [1.807, 2.05) is 12.1 Å². The molecule has 1 aromatic rings. The molecule has 0 atom stereocenters. The predicted molar refractivity (Wildman–Crippen MR) is 36.4 cm³/mol. The summed E-state index contributed by atoms with van der Waals surface area (Å²) in [6.45, 7) is 0. The van der Waals surface area contributed by atoms with Crippen molar-refractivity contribution in [3.8, 4) is 0 Å². The molecule has 0 fully saturated rings. The largest absolute Gasteiger partial charge is 0.275 e. The van der Waals surface area contributed by atoms with E-state index < -0.39 is 0 Å². The summed E-state index contributed by atoms with van der Waals surface area (Å²) in [6.07, 6.45) is 3.59. The van der Waals surface area contributed by atoms with Crippen LogP contribution >= 0.6 is 12.6 Å². The quantitative estimate of drug-likeness (QED) is 0.440. The van der Waals surface area contributed by atoms with Crippen LogP contribution in [-0.2, 0) is 0 Å². The number of hydrogen-bond donors (Lipinski definition) is 1. The number of aromatic nitrogens is 1. The second-order valence-corrected chi connectivity index (χ2v) is 2.12. The van der Waals surface area contributed by atoms with Crippen LogP contribution in [0.4, 0.5) is 0 Å². The second kappa shape index (κ2) is 2.73. The molecule has 3 heteroatoms. The highest BCUT2D eigenvalue weighted by molar-refractivity contribution is 7.80. The van der Waals surface area contributed by atoms with Gasteiger partial charge < -0.3 is 0 Å². The molecule has 0 saturated heterocycles. The summed E-state index contributed by atoms with van der Waals surface area (Å²) < 4.78 is 1.60. The van der Waals surface area contributed by atoms with Crippen LogP contribution in [0, 0.1) is 0 Å². The predicted octanol–water partition coefficient (Wildman–Crippen LogP) is 0.321. The average molecular weight is 142 g/mol. The zero-order valence-corrected chi connectivity index (χ0v) is 6.01. The van der Waals surface area contributed by atoms with E-state index in [4.69, 9.17) is 4.84 Å². The third-order valence-corrected chi connectivity index (χ3v) is 1.29. The third kappa shape index (κ3) is 1.61. The van der Waals surface area contributed by atoms with Gasteiger partial charge in [0, 0.05) is 21.8 Å². The van der Waals surface area contributed by atoms with Crippen molar-refractivity contribution < 1.29 is 9.57 Å². The summed E-state index contributed by atoms with van der Waals surface area (Å²) in [5.74, 6) is 0. The zero-order valence-electron chi connectivity index (χ0n) is 5.11. The van der Waals surface area contributed by atoms with Crippen molar-refractivity contribution in [3.63, 3.8) is 0 Å². The molecular formula is C6H8NOS+. The van der Waals surface area contributed by atoms with E-state index in [2.05, 4.69) is 12.6 Å². The number of pyridine rings is 1. The van der Waals surface area contributed by atoms with Gasteiger partial charge in [-0.2, -0.15) is 0 Å². The standard InChI is InChI=1S/C6H7NOS/c1-8-7-4-2-6(9)3-5-7/h2-5H,1H3/p+1. The Balaban J connectivity index is 2.88. The topological polar surface area (TPSA) is 13.1 Å². The minimum atomic E-state index is 0.934. The molecule has 0 saturated carbocycles. The molecular weight excluding hydrogens is 134 g/mol. The summed E-state index contributed by atoms with van der Waals surface area (Å²) in [5.41, 5.74) is 0. The fourth-order valence-electron chi connectivity index (χ4n) is 0.527. The molecule has 2 nitrogen and oxygen atoms in total. The second-order valence-electron chi connectivity index (χ2n) is 1.60. The summed E-state index contributed by atoms with van der Waals surface area (Å²) in [4.78, 5) is 5.79. The molecule has 48 valence electrons. The van der Waals surface area contributed by atoms with Gasteiger partial charge in [-0.05, 0) is 0 Å². The van der Waals surface area contributed by atoms with E-state index in [0.29, 0.717) is 0 Å². The van der Waals surface area contributed by atoms with E-state index in [-0.39, 0.29) is 0 Å². The van der Waals surface area contributed by atoms with Crippen LogP contribution in [-0.4, -0.2) is 7.11 Å². The van der Waals surface area contributed by atoms with E-state index >= 15 is 0 Å². The maximum atomic E-state index is 4.85. The molecule has 1 aromatic heterocycles. The maximum absolute atomic E-state index is 4.85. The minimum absolute atomic E-state index is 0.934. The Labute approximate surface area is 59.4 Å². The highest BCUT2D eigenvalue weighted by Gasteiger charge is 1.93. The van der Waals surface area contributed by atoms with Crippen LogP contribution in [0.2, 0.25) is 0 Å². The van der Waals surface area contributed by atoms with Crippen LogP contribution in [0.15, 0.2) is 29.4 Å². The molecule has 0 aliphatic carbocycles.